The molecule has 104 heavy (non-hydrogen) atoms. The minimum atomic E-state index is -0.565. The lowest BCUT2D eigenvalue weighted by atomic mass is 10.1. The Balaban J connectivity index is 0.000000140. The summed E-state index contributed by atoms with van der Waals surface area (Å²) in [6, 6.07) is 38.3. The van der Waals surface area contributed by atoms with E-state index in [9.17, 15) is 47.8 Å². The van der Waals surface area contributed by atoms with Crippen LogP contribution in [0.2, 0.25) is 5.15 Å². The fraction of sp³-hybridized carbons (Fsp3) is 0.320. The van der Waals surface area contributed by atoms with Crippen LogP contribution >= 0.6 is 11.6 Å². The normalized spacial score (nSPS) is 15.7. The average Bonchev–Trinajstić information content (AvgIpc) is 1.52. The number of nitrogens with zero attached hydrogens (tertiary/aromatic N) is 16. The first-order valence-electron chi connectivity index (χ1n) is 34.2. The van der Waals surface area contributed by atoms with Gasteiger partial charge in [-0.25, -0.2) is 38.1 Å². The van der Waals surface area contributed by atoms with Crippen LogP contribution in [0.4, 0.5) is 41.9 Å². The van der Waals surface area contributed by atoms with Crippen LogP contribution in [-0.2, 0) is 72.9 Å². The second kappa shape index (κ2) is 33.0. The zero-order valence-corrected chi connectivity index (χ0v) is 58.6. The summed E-state index contributed by atoms with van der Waals surface area (Å²) in [6.07, 6.45) is -0.322. The number of nitrogens with one attached hydrogen (secondary N) is 1. The molecule has 3 N–H and O–H groups in total. The molecule has 9 aromatic rings. The lowest BCUT2D eigenvalue weighted by molar-refractivity contribution is -0.386. The number of rotatable bonds is 13. The van der Waals surface area contributed by atoms with Gasteiger partial charge in [0.25, 0.3) is 11.4 Å². The van der Waals surface area contributed by atoms with E-state index in [1.165, 1.54) is 85.9 Å². The molecule has 0 atom stereocenters. The molecule has 29 heteroatoms. The summed E-state index contributed by atoms with van der Waals surface area (Å²) in [5, 5.41) is 26.6. The fourth-order valence-electron chi connectivity index (χ4n) is 12.8. The van der Waals surface area contributed by atoms with Crippen LogP contribution < -0.4 is 20.9 Å². The number of carbonyl (C=O) groups is 3. The number of pyridine rings is 6. The number of hydrogen-bond acceptors (Lipinski definition) is 20. The van der Waals surface area contributed by atoms with Crippen molar-refractivity contribution in [3.63, 3.8) is 0 Å². The summed E-state index contributed by atoms with van der Waals surface area (Å²) in [4.78, 5) is 105. The lowest BCUT2D eigenvalue weighted by Gasteiger charge is -2.33. The van der Waals surface area contributed by atoms with E-state index in [2.05, 4.69) is 83.0 Å². The predicted octanol–water partition coefficient (Wildman–Crippen LogP) is 9.18. The number of halogens is 4. The summed E-state index contributed by atoms with van der Waals surface area (Å²) in [5.41, 5.74) is 15.9. The number of aromatic nitrogens is 6. The zero-order chi connectivity index (χ0) is 73.1. The fourth-order valence-corrected chi connectivity index (χ4v) is 12.9. The molecule has 6 aliphatic heterocycles. The Bertz CT molecular complexity index is 4620. The number of hydrogen-bond donors (Lipinski definition) is 2. The van der Waals surface area contributed by atoms with Gasteiger partial charge < -0.3 is 50.2 Å². The van der Waals surface area contributed by atoms with Crippen LogP contribution in [0, 0.1) is 37.7 Å². The molecule has 25 nitrogen and oxygen atoms in total. The summed E-state index contributed by atoms with van der Waals surface area (Å²) in [6.45, 7) is 14.9. The van der Waals surface area contributed by atoms with Gasteiger partial charge in [0.2, 0.25) is 17.7 Å². The summed E-state index contributed by atoms with van der Waals surface area (Å²) >= 11 is 5.90. The Morgan fingerprint density at radius 3 is 1.12 bits per heavy atom. The summed E-state index contributed by atoms with van der Waals surface area (Å²) in [5.74, 6) is 0.219. The standard InChI is InChI=1S/C25H25FN6O3.C25H27FN6O.C20H14ClFN4O3.C5H12N2/c1-29-10-12-30(13-11-29)24-9-4-18-15-31(16-22(18)28-24)25(33)14-21-23(32(34)35)8-7-20(27-21)17-2-5-19(26)6-3-17;1-30-10-12-31(13-11-30)24-9-4-18-15-32(16-23(18)29-24)25(33)14-22-20(27)7-8-21(28-22)17-2-5-19(26)6-3-17;21-19-8-3-13-10-25(11-17(13)24-19)20(27)9-16-18(26(28)29)7-6-15(23-16)12-1-4-14(22)5-2-12;1-7-4-2-6-3-5-7/h2-9H,10-16H2,1H3;2-9H,10-16,27H2,1H3;1-8H,9-11H2;6H,2-5H2,1H3. The summed E-state index contributed by atoms with van der Waals surface area (Å²) < 4.78 is 39.7. The highest BCUT2D eigenvalue weighted by Gasteiger charge is 2.32. The monoisotopic (exact) mass is 1430 g/mol. The predicted molar refractivity (Wildman–Crippen MR) is 388 cm³/mol. The van der Waals surface area contributed by atoms with Crippen LogP contribution in [0.1, 0.15) is 50.9 Å². The molecule has 3 fully saturated rings. The van der Waals surface area contributed by atoms with Gasteiger partial charge >= 0.3 is 0 Å². The zero-order valence-electron chi connectivity index (χ0n) is 57.8. The van der Waals surface area contributed by atoms with Gasteiger partial charge in [-0.2, -0.15) is 0 Å². The van der Waals surface area contributed by atoms with Crippen molar-refractivity contribution in [1.82, 2.24) is 64.6 Å². The SMILES string of the molecule is CN1CCN(c2ccc3c(n2)CN(C(=O)Cc2nc(-c4ccc(F)cc4)ccc2N)C3)CC1.CN1CCN(c2ccc3c(n2)CN(C(=O)Cc2nc(-c4ccc(F)cc4)ccc2[N+](=O)[O-])C3)CC1.CN1CCNCC1.O=C(Cc1nc(-c2ccc(F)cc2)ccc1[N+](=O)[O-])N1Cc2ccc(Cl)nc2C1. The molecule has 6 aliphatic rings. The third-order valence-corrected chi connectivity index (χ3v) is 19.2. The highest BCUT2D eigenvalue weighted by molar-refractivity contribution is 6.29. The maximum Gasteiger partial charge on any atom is 0.291 e. The van der Waals surface area contributed by atoms with E-state index in [0.717, 1.165) is 111 Å². The van der Waals surface area contributed by atoms with E-state index in [-0.39, 0.29) is 71.4 Å². The maximum absolute atomic E-state index is 13.3. The van der Waals surface area contributed by atoms with Crippen LogP contribution in [0.5, 0.6) is 0 Å². The molecule has 3 aromatic carbocycles. The van der Waals surface area contributed by atoms with Crippen LogP contribution in [0.3, 0.4) is 0 Å². The third kappa shape index (κ3) is 18.3. The van der Waals surface area contributed by atoms with Crippen molar-refractivity contribution >= 4 is 58.0 Å². The van der Waals surface area contributed by atoms with Crippen molar-refractivity contribution in [3.8, 4) is 33.8 Å². The first-order chi connectivity index (χ1) is 50.1. The Labute approximate surface area is 604 Å². The number of benzene rings is 3. The number of anilines is 3. The molecule has 12 heterocycles. The molecule has 6 aromatic heterocycles. The minimum absolute atomic E-state index is 0.0374. The molecular weight excluding hydrogens is 1360 g/mol. The Hall–Kier alpha value is -10.9. The van der Waals surface area contributed by atoms with Crippen molar-refractivity contribution in [2.45, 2.75) is 58.5 Å². The number of carbonyl (C=O) groups excluding carboxylic acids is 3. The van der Waals surface area contributed by atoms with E-state index in [4.69, 9.17) is 27.3 Å². The number of nitrogens with two attached hydrogens (primary N) is 1. The lowest BCUT2D eigenvalue weighted by Crippen LogP contribution is -2.44. The van der Waals surface area contributed by atoms with Crippen molar-refractivity contribution in [3.05, 3.63) is 239 Å². The van der Waals surface area contributed by atoms with E-state index >= 15 is 0 Å². The molecule has 3 amide bonds. The van der Waals surface area contributed by atoms with Crippen molar-refractivity contribution in [2.24, 2.45) is 0 Å². The van der Waals surface area contributed by atoms with Gasteiger partial charge in [0.1, 0.15) is 45.6 Å². The van der Waals surface area contributed by atoms with Gasteiger partial charge in [0.05, 0.1) is 94.3 Å². The molecular formula is C75H78ClF3N18O7. The van der Waals surface area contributed by atoms with E-state index < -0.39 is 15.7 Å². The molecule has 0 unspecified atom stereocenters. The van der Waals surface area contributed by atoms with Gasteiger partial charge in [-0.1, -0.05) is 29.8 Å². The van der Waals surface area contributed by atoms with Gasteiger partial charge in [0, 0.05) is 127 Å². The Kier molecular flexibility index (Phi) is 23.1. The van der Waals surface area contributed by atoms with Gasteiger partial charge in [-0.05, 0) is 153 Å². The number of piperazine rings is 3. The first-order valence-corrected chi connectivity index (χ1v) is 34.5. The van der Waals surface area contributed by atoms with Crippen molar-refractivity contribution in [2.75, 3.05) is 115 Å². The smallest absolute Gasteiger partial charge is 0.291 e. The number of fused-ring (bicyclic) bond motifs is 3. The van der Waals surface area contributed by atoms with E-state index in [1.54, 1.807) is 57.2 Å². The third-order valence-electron chi connectivity index (χ3n) is 19.0. The number of nitro groups is 2. The average molecular weight is 1440 g/mol. The molecule has 0 saturated carbocycles. The molecule has 0 spiro atoms. The number of likely N-dealkylation sites (N-methyl/N-ethyl adjacent to an activating group) is 3. The Morgan fingerprint density at radius 2 is 0.760 bits per heavy atom. The largest absolute Gasteiger partial charge is 0.397 e. The second-order valence-corrected chi connectivity index (χ2v) is 26.7. The minimum Gasteiger partial charge on any atom is -0.397 e. The molecule has 0 radical (unpaired) electrons. The topological polar surface area (TPSA) is 279 Å². The Morgan fingerprint density at radius 1 is 0.423 bits per heavy atom. The van der Waals surface area contributed by atoms with E-state index in [0.29, 0.717) is 89.7 Å². The highest BCUT2D eigenvalue weighted by Crippen LogP contribution is 2.32. The molecule has 0 aliphatic carbocycles. The quantitative estimate of drug-likeness (QED) is 0.0618. The second-order valence-electron chi connectivity index (χ2n) is 26.3. The van der Waals surface area contributed by atoms with E-state index in [1.807, 2.05) is 18.2 Å². The number of nitrogen functional groups attached to an aromatic ring is 1. The van der Waals surface area contributed by atoms with Gasteiger partial charge in [-0.3, -0.25) is 39.6 Å². The molecule has 3 saturated heterocycles. The molecule has 538 valence electrons. The van der Waals surface area contributed by atoms with Crippen LogP contribution in [-0.4, -0.2) is 187 Å². The number of amides is 3. The van der Waals surface area contributed by atoms with Crippen LogP contribution in [0.25, 0.3) is 33.8 Å². The van der Waals surface area contributed by atoms with Crippen molar-refractivity contribution < 1.29 is 37.4 Å². The first kappa shape index (κ1) is 72.9. The highest BCUT2D eigenvalue weighted by atomic mass is 35.5. The van der Waals surface area contributed by atoms with Gasteiger partial charge in [0.15, 0.2) is 0 Å². The molecule has 15 rings (SSSR count). The summed E-state index contributed by atoms with van der Waals surface area (Å²) in [7, 11) is 6.39. The molecule has 0 bridgehead atoms. The van der Waals surface area contributed by atoms with Gasteiger partial charge in [-0.15, -0.1) is 0 Å². The maximum atomic E-state index is 13.3. The van der Waals surface area contributed by atoms with Crippen LogP contribution in [0.15, 0.2) is 146 Å². The van der Waals surface area contributed by atoms with Crippen molar-refractivity contribution in [1.29, 1.82) is 0 Å².